The highest BCUT2D eigenvalue weighted by Crippen LogP contribution is 2.54. The van der Waals surface area contributed by atoms with Crippen LogP contribution in [-0.2, 0) is 4.79 Å². The van der Waals surface area contributed by atoms with Gasteiger partial charge in [-0.2, -0.15) is 0 Å². The lowest BCUT2D eigenvalue weighted by Crippen LogP contribution is -2.34. The van der Waals surface area contributed by atoms with Gasteiger partial charge in [-0.05, 0) is 50.5 Å². The lowest BCUT2D eigenvalue weighted by atomic mass is 10.0. The number of rotatable bonds is 6. The SMILES string of the molecule is COc1cc(C(C)C(=O)N2C[C@@H](Nc3ccc(-c4ncccn4)c(C)n3)C3(CC3)C2)c(Cl)cn1. The van der Waals surface area contributed by atoms with E-state index in [1.54, 1.807) is 31.6 Å². The van der Waals surface area contributed by atoms with Crippen molar-refractivity contribution in [1.29, 1.82) is 0 Å². The number of ether oxygens (including phenoxy) is 1. The van der Waals surface area contributed by atoms with Crippen molar-refractivity contribution in [2.24, 2.45) is 5.41 Å². The molecular formula is C25H27ClN6O2. The fourth-order valence-electron chi connectivity index (χ4n) is 4.78. The van der Waals surface area contributed by atoms with Gasteiger partial charge in [0.2, 0.25) is 11.8 Å². The number of pyridine rings is 2. The average molecular weight is 479 g/mol. The maximum absolute atomic E-state index is 13.4. The molecule has 2 aliphatic rings. The minimum Gasteiger partial charge on any atom is -0.481 e. The van der Waals surface area contributed by atoms with Crippen molar-refractivity contribution in [2.75, 3.05) is 25.5 Å². The lowest BCUT2D eigenvalue weighted by molar-refractivity contribution is -0.131. The summed E-state index contributed by atoms with van der Waals surface area (Å²) in [6.45, 7) is 5.22. The van der Waals surface area contributed by atoms with Crippen molar-refractivity contribution in [3.8, 4) is 17.3 Å². The molecule has 2 atom stereocenters. The molecule has 4 heterocycles. The van der Waals surface area contributed by atoms with Crippen LogP contribution in [0.5, 0.6) is 5.88 Å². The molecular weight excluding hydrogens is 452 g/mol. The molecule has 0 radical (unpaired) electrons. The molecule has 2 fully saturated rings. The minimum absolute atomic E-state index is 0.0615. The topological polar surface area (TPSA) is 93.1 Å². The smallest absolute Gasteiger partial charge is 0.229 e. The van der Waals surface area contributed by atoms with E-state index in [2.05, 4.69) is 20.3 Å². The third-order valence-corrected chi connectivity index (χ3v) is 7.29. The maximum Gasteiger partial charge on any atom is 0.229 e. The van der Waals surface area contributed by atoms with Crippen molar-refractivity contribution >= 4 is 23.3 Å². The van der Waals surface area contributed by atoms with E-state index in [1.165, 1.54) is 6.20 Å². The summed E-state index contributed by atoms with van der Waals surface area (Å²) in [4.78, 5) is 32.9. The average Bonchev–Trinajstić information content (AvgIpc) is 3.55. The Morgan fingerprint density at radius 3 is 2.71 bits per heavy atom. The van der Waals surface area contributed by atoms with Gasteiger partial charge >= 0.3 is 0 Å². The summed E-state index contributed by atoms with van der Waals surface area (Å²) >= 11 is 6.36. The first-order chi connectivity index (χ1) is 16.4. The number of likely N-dealkylation sites (tertiary alicyclic amines) is 1. The van der Waals surface area contributed by atoms with E-state index < -0.39 is 0 Å². The quantitative estimate of drug-likeness (QED) is 0.569. The van der Waals surface area contributed by atoms with Crippen molar-refractivity contribution < 1.29 is 9.53 Å². The van der Waals surface area contributed by atoms with E-state index in [1.807, 2.05) is 30.9 Å². The number of carbonyl (C=O) groups excluding carboxylic acids is 1. The number of halogens is 1. The van der Waals surface area contributed by atoms with Gasteiger partial charge in [0.1, 0.15) is 5.82 Å². The molecule has 1 spiro atoms. The van der Waals surface area contributed by atoms with Crippen LogP contribution in [0.4, 0.5) is 5.82 Å². The van der Waals surface area contributed by atoms with Gasteiger partial charge in [0.15, 0.2) is 5.82 Å². The molecule has 5 rings (SSSR count). The number of nitrogens with zero attached hydrogens (tertiary/aromatic N) is 5. The second-order valence-corrected chi connectivity index (χ2v) is 9.56. The third kappa shape index (κ3) is 4.18. The molecule has 3 aromatic rings. The second kappa shape index (κ2) is 8.83. The van der Waals surface area contributed by atoms with Crippen molar-refractivity contribution in [3.05, 3.63) is 59.1 Å². The maximum atomic E-state index is 13.4. The van der Waals surface area contributed by atoms with E-state index in [0.29, 0.717) is 23.3 Å². The van der Waals surface area contributed by atoms with Gasteiger partial charge in [-0.3, -0.25) is 4.79 Å². The molecule has 1 amide bonds. The number of methoxy groups -OCH3 is 1. The van der Waals surface area contributed by atoms with Crippen LogP contribution in [0.3, 0.4) is 0 Å². The van der Waals surface area contributed by atoms with Crippen molar-refractivity contribution in [1.82, 2.24) is 24.8 Å². The highest BCUT2D eigenvalue weighted by molar-refractivity contribution is 6.31. The standard InChI is InChI=1S/C25H27ClN6O2/c1-15(18-11-22(34-3)29-12-19(18)26)24(33)32-13-20(25(14-32)7-8-25)31-21-6-5-17(16(2)30-21)23-27-9-4-10-28-23/h4-6,9-12,15,20H,7-8,13-14H2,1-3H3,(H,30,31)/t15?,20-/m1/s1. The Bertz CT molecular complexity index is 1220. The van der Waals surface area contributed by atoms with Gasteiger partial charge in [-0.1, -0.05) is 11.6 Å². The lowest BCUT2D eigenvalue weighted by Gasteiger charge is -2.22. The Kier molecular flexibility index (Phi) is 5.85. The molecule has 176 valence electrons. The van der Waals surface area contributed by atoms with Crippen LogP contribution in [0.25, 0.3) is 11.4 Å². The number of amides is 1. The molecule has 1 aliphatic carbocycles. The number of hydrogen-bond acceptors (Lipinski definition) is 7. The fraction of sp³-hybridized carbons (Fsp3) is 0.400. The number of aromatic nitrogens is 4. The third-order valence-electron chi connectivity index (χ3n) is 6.97. The van der Waals surface area contributed by atoms with Gasteiger partial charge in [-0.15, -0.1) is 0 Å². The fourth-order valence-corrected chi connectivity index (χ4v) is 5.05. The van der Waals surface area contributed by atoms with Crippen LogP contribution in [0.1, 0.15) is 36.9 Å². The number of nitrogens with one attached hydrogen (secondary N) is 1. The zero-order chi connectivity index (χ0) is 23.9. The second-order valence-electron chi connectivity index (χ2n) is 9.15. The van der Waals surface area contributed by atoms with Gasteiger partial charge < -0.3 is 15.0 Å². The summed E-state index contributed by atoms with van der Waals surface area (Å²) in [7, 11) is 1.55. The van der Waals surface area contributed by atoms with Crippen molar-refractivity contribution in [3.63, 3.8) is 0 Å². The Morgan fingerprint density at radius 2 is 2.03 bits per heavy atom. The van der Waals surface area contributed by atoms with E-state index in [0.717, 1.165) is 42.0 Å². The number of hydrogen-bond donors (Lipinski definition) is 1. The highest BCUT2D eigenvalue weighted by Gasteiger charge is 2.56. The van der Waals surface area contributed by atoms with E-state index in [4.69, 9.17) is 21.3 Å². The molecule has 8 nitrogen and oxygen atoms in total. The monoisotopic (exact) mass is 478 g/mol. The van der Waals surface area contributed by atoms with E-state index in [-0.39, 0.29) is 23.3 Å². The molecule has 1 saturated heterocycles. The van der Waals surface area contributed by atoms with Gasteiger partial charge in [0.05, 0.1) is 29.8 Å². The summed E-state index contributed by atoms with van der Waals surface area (Å²) < 4.78 is 5.22. The predicted molar refractivity (Wildman–Crippen MR) is 130 cm³/mol. The van der Waals surface area contributed by atoms with Crippen LogP contribution in [0.15, 0.2) is 42.9 Å². The van der Waals surface area contributed by atoms with Crippen LogP contribution >= 0.6 is 11.6 Å². The van der Waals surface area contributed by atoms with Gasteiger partial charge in [-0.25, -0.2) is 19.9 Å². The summed E-state index contributed by atoms with van der Waals surface area (Å²) in [6, 6.07) is 7.65. The largest absolute Gasteiger partial charge is 0.481 e. The Hall–Kier alpha value is -3.26. The number of aryl methyl sites for hydroxylation is 1. The molecule has 0 aromatic carbocycles. The predicted octanol–water partition coefficient (Wildman–Crippen LogP) is 4.11. The molecule has 34 heavy (non-hydrogen) atoms. The van der Waals surface area contributed by atoms with E-state index >= 15 is 0 Å². The normalized spacial score (nSPS) is 19.2. The van der Waals surface area contributed by atoms with Gasteiger partial charge in [0.25, 0.3) is 0 Å². The molecule has 1 saturated carbocycles. The van der Waals surface area contributed by atoms with Crippen LogP contribution in [-0.4, -0.2) is 57.0 Å². The molecule has 0 bridgehead atoms. The molecule has 1 N–H and O–H groups in total. The van der Waals surface area contributed by atoms with Crippen LogP contribution in [0.2, 0.25) is 5.02 Å². The zero-order valence-electron chi connectivity index (χ0n) is 19.5. The first kappa shape index (κ1) is 22.5. The number of anilines is 1. The Labute approximate surface area is 203 Å². The first-order valence-electron chi connectivity index (χ1n) is 11.4. The first-order valence-corrected chi connectivity index (χ1v) is 11.8. The highest BCUT2D eigenvalue weighted by atomic mass is 35.5. The zero-order valence-corrected chi connectivity index (χ0v) is 20.2. The van der Waals surface area contributed by atoms with Gasteiger partial charge in [0, 0.05) is 48.7 Å². The van der Waals surface area contributed by atoms with E-state index in [9.17, 15) is 4.79 Å². The molecule has 1 unspecified atom stereocenters. The summed E-state index contributed by atoms with van der Waals surface area (Å²) in [6.07, 6.45) is 7.19. The molecule has 9 heteroatoms. The Balaban J connectivity index is 1.31. The summed E-state index contributed by atoms with van der Waals surface area (Å²) in [5.74, 6) is 1.59. The molecule has 3 aromatic heterocycles. The summed E-state index contributed by atoms with van der Waals surface area (Å²) in [5.41, 5.74) is 2.61. The number of carbonyl (C=O) groups is 1. The minimum atomic E-state index is -0.385. The summed E-state index contributed by atoms with van der Waals surface area (Å²) in [5, 5.41) is 4.08. The Morgan fingerprint density at radius 1 is 1.26 bits per heavy atom. The van der Waals surface area contributed by atoms with Crippen molar-refractivity contribution in [2.45, 2.75) is 38.6 Å². The molecule has 1 aliphatic heterocycles. The van der Waals surface area contributed by atoms with Crippen LogP contribution < -0.4 is 10.1 Å². The van der Waals surface area contributed by atoms with Crippen LogP contribution in [0, 0.1) is 12.3 Å².